The van der Waals surface area contributed by atoms with Gasteiger partial charge in [-0.3, -0.25) is 4.79 Å². The maximum atomic E-state index is 12.7. The van der Waals surface area contributed by atoms with Gasteiger partial charge < -0.3 is 20.0 Å². The highest BCUT2D eigenvalue weighted by atomic mass is 16.3. The van der Waals surface area contributed by atoms with Gasteiger partial charge in [0.05, 0.1) is 0 Å². The van der Waals surface area contributed by atoms with E-state index >= 15 is 0 Å². The van der Waals surface area contributed by atoms with Crippen molar-refractivity contribution in [1.82, 2.24) is 15.5 Å². The number of benzene rings is 2. The number of para-hydroxylation sites is 1. The summed E-state index contributed by atoms with van der Waals surface area (Å²) in [4.78, 5) is 26.6. The third-order valence-electron chi connectivity index (χ3n) is 5.63. The summed E-state index contributed by atoms with van der Waals surface area (Å²) in [7, 11) is 0. The molecular weight excluding hydrogens is 378 g/mol. The third kappa shape index (κ3) is 5.00. The first kappa shape index (κ1) is 20.0. The van der Waals surface area contributed by atoms with E-state index in [0.717, 1.165) is 30.2 Å². The van der Waals surface area contributed by atoms with Crippen LogP contribution in [0.3, 0.4) is 0 Å². The fraction of sp³-hybridized carbons (Fsp3) is 0.333. The van der Waals surface area contributed by atoms with Crippen LogP contribution in [0.25, 0.3) is 11.0 Å². The molecule has 0 unspecified atom stereocenters. The monoisotopic (exact) mass is 405 g/mol. The molecule has 1 aliphatic heterocycles. The van der Waals surface area contributed by atoms with Gasteiger partial charge in [-0.1, -0.05) is 48.5 Å². The minimum Gasteiger partial charge on any atom is -0.451 e. The molecule has 2 heterocycles. The van der Waals surface area contributed by atoms with Gasteiger partial charge in [-0.25, -0.2) is 4.79 Å². The fourth-order valence-corrected chi connectivity index (χ4v) is 3.85. The SMILES string of the molecule is O=C(NCCc1ccccc1)NCC1CCN(C(=O)c2cc3ccccc3o2)CC1. The Hall–Kier alpha value is -3.28. The Kier molecular flexibility index (Phi) is 6.32. The lowest BCUT2D eigenvalue weighted by Crippen LogP contribution is -2.43. The van der Waals surface area contributed by atoms with E-state index in [-0.39, 0.29) is 11.9 Å². The Morgan fingerprint density at radius 3 is 2.47 bits per heavy atom. The molecule has 0 atom stereocenters. The van der Waals surface area contributed by atoms with Gasteiger partial charge in [-0.2, -0.15) is 0 Å². The molecule has 0 saturated carbocycles. The average Bonchev–Trinajstić information content (AvgIpc) is 3.23. The Labute approximate surface area is 176 Å². The van der Waals surface area contributed by atoms with Crippen molar-refractivity contribution in [3.8, 4) is 0 Å². The van der Waals surface area contributed by atoms with Crippen molar-refractivity contribution in [2.24, 2.45) is 5.92 Å². The van der Waals surface area contributed by atoms with Gasteiger partial charge in [0.1, 0.15) is 5.58 Å². The van der Waals surface area contributed by atoms with E-state index in [9.17, 15) is 9.59 Å². The third-order valence-corrected chi connectivity index (χ3v) is 5.63. The van der Waals surface area contributed by atoms with Crippen molar-refractivity contribution >= 4 is 22.9 Å². The van der Waals surface area contributed by atoms with Gasteiger partial charge in [-0.05, 0) is 42.9 Å². The fourth-order valence-electron chi connectivity index (χ4n) is 3.85. The zero-order chi connectivity index (χ0) is 20.8. The largest absolute Gasteiger partial charge is 0.451 e. The Bertz CT molecular complexity index is 958. The Morgan fingerprint density at radius 1 is 0.967 bits per heavy atom. The molecule has 6 nitrogen and oxygen atoms in total. The van der Waals surface area contributed by atoms with E-state index in [2.05, 4.69) is 22.8 Å². The normalized spacial score (nSPS) is 14.6. The molecule has 1 saturated heterocycles. The standard InChI is InChI=1S/C24H27N3O3/c28-23(22-16-20-8-4-5-9-21(20)30-22)27-14-11-19(12-15-27)17-26-24(29)25-13-10-18-6-2-1-3-7-18/h1-9,16,19H,10-15,17H2,(H2,25,26,29). The van der Waals surface area contributed by atoms with Crippen LogP contribution in [0, 0.1) is 5.92 Å². The lowest BCUT2D eigenvalue weighted by atomic mass is 9.96. The van der Waals surface area contributed by atoms with E-state index in [1.807, 2.05) is 53.4 Å². The molecule has 0 bridgehead atoms. The minimum absolute atomic E-state index is 0.0590. The predicted molar refractivity (Wildman–Crippen MR) is 116 cm³/mol. The second-order valence-corrected chi connectivity index (χ2v) is 7.76. The number of nitrogens with zero attached hydrogens (tertiary/aromatic N) is 1. The van der Waals surface area contributed by atoms with Crippen LogP contribution in [0.2, 0.25) is 0 Å². The lowest BCUT2D eigenvalue weighted by Gasteiger charge is -2.31. The molecule has 1 fully saturated rings. The second-order valence-electron chi connectivity index (χ2n) is 7.76. The number of likely N-dealkylation sites (tertiary alicyclic amines) is 1. The molecule has 0 aliphatic carbocycles. The summed E-state index contributed by atoms with van der Waals surface area (Å²) >= 11 is 0. The van der Waals surface area contributed by atoms with Crippen LogP contribution >= 0.6 is 0 Å². The quantitative estimate of drug-likeness (QED) is 0.655. The number of nitrogens with one attached hydrogen (secondary N) is 2. The summed E-state index contributed by atoms with van der Waals surface area (Å²) in [5.74, 6) is 0.714. The number of carbonyl (C=O) groups is 2. The number of rotatable bonds is 6. The molecule has 3 aromatic rings. The van der Waals surface area contributed by atoms with Crippen LogP contribution in [-0.2, 0) is 6.42 Å². The average molecular weight is 405 g/mol. The van der Waals surface area contributed by atoms with Crippen molar-refractivity contribution in [1.29, 1.82) is 0 Å². The number of furan rings is 1. The summed E-state index contributed by atoms with van der Waals surface area (Å²) in [6.45, 7) is 2.60. The molecule has 1 aromatic heterocycles. The number of amides is 3. The molecule has 156 valence electrons. The van der Waals surface area contributed by atoms with Crippen molar-refractivity contribution in [3.63, 3.8) is 0 Å². The maximum Gasteiger partial charge on any atom is 0.314 e. The van der Waals surface area contributed by atoms with Crippen molar-refractivity contribution in [2.45, 2.75) is 19.3 Å². The van der Waals surface area contributed by atoms with Crippen LogP contribution in [-0.4, -0.2) is 43.0 Å². The van der Waals surface area contributed by atoms with E-state index in [1.54, 1.807) is 0 Å². The highest BCUT2D eigenvalue weighted by Crippen LogP contribution is 2.23. The maximum absolute atomic E-state index is 12.7. The van der Waals surface area contributed by atoms with Crippen LogP contribution in [0.1, 0.15) is 29.0 Å². The van der Waals surface area contributed by atoms with Crippen LogP contribution in [0.4, 0.5) is 4.79 Å². The molecule has 1 aliphatic rings. The number of piperidine rings is 1. The van der Waals surface area contributed by atoms with Crippen molar-refractivity contribution < 1.29 is 14.0 Å². The van der Waals surface area contributed by atoms with E-state index in [4.69, 9.17) is 4.42 Å². The zero-order valence-electron chi connectivity index (χ0n) is 17.0. The highest BCUT2D eigenvalue weighted by molar-refractivity contribution is 5.96. The zero-order valence-corrected chi connectivity index (χ0v) is 17.0. The first-order valence-corrected chi connectivity index (χ1v) is 10.5. The van der Waals surface area contributed by atoms with E-state index < -0.39 is 0 Å². The van der Waals surface area contributed by atoms with E-state index in [0.29, 0.717) is 37.9 Å². The molecule has 0 radical (unpaired) electrons. The topological polar surface area (TPSA) is 74.6 Å². The summed E-state index contributed by atoms with van der Waals surface area (Å²) in [5, 5.41) is 6.81. The predicted octanol–water partition coefficient (Wildman–Crippen LogP) is 3.83. The van der Waals surface area contributed by atoms with Crippen molar-refractivity contribution in [2.75, 3.05) is 26.2 Å². The number of hydrogen-bond donors (Lipinski definition) is 2. The highest BCUT2D eigenvalue weighted by Gasteiger charge is 2.25. The molecule has 4 rings (SSSR count). The molecule has 2 N–H and O–H groups in total. The second kappa shape index (κ2) is 9.48. The Balaban J connectivity index is 1.17. The summed E-state index contributed by atoms with van der Waals surface area (Å²) in [6.07, 6.45) is 2.56. The van der Waals surface area contributed by atoms with Gasteiger partial charge >= 0.3 is 6.03 Å². The smallest absolute Gasteiger partial charge is 0.314 e. The summed E-state index contributed by atoms with van der Waals surface area (Å²) in [6, 6.07) is 19.4. The molecule has 3 amide bonds. The number of urea groups is 1. The van der Waals surface area contributed by atoms with Crippen LogP contribution in [0.5, 0.6) is 0 Å². The van der Waals surface area contributed by atoms with Crippen molar-refractivity contribution in [3.05, 3.63) is 72.0 Å². The van der Waals surface area contributed by atoms with Crippen LogP contribution < -0.4 is 10.6 Å². The summed E-state index contributed by atoms with van der Waals surface area (Å²) < 4.78 is 5.70. The van der Waals surface area contributed by atoms with Gasteiger partial charge in [0, 0.05) is 31.6 Å². The van der Waals surface area contributed by atoms with Gasteiger partial charge in [0.2, 0.25) is 0 Å². The molecule has 2 aromatic carbocycles. The Morgan fingerprint density at radius 2 is 1.70 bits per heavy atom. The first-order chi connectivity index (χ1) is 14.7. The molecule has 30 heavy (non-hydrogen) atoms. The lowest BCUT2D eigenvalue weighted by molar-refractivity contribution is 0.0661. The number of hydrogen-bond acceptors (Lipinski definition) is 3. The van der Waals surface area contributed by atoms with E-state index in [1.165, 1.54) is 5.56 Å². The van der Waals surface area contributed by atoms with Crippen LogP contribution in [0.15, 0.2) is 65.1 Å². The van der Waals surface area contributed by atoms with Gasteiger partial charge in [0.15, 0.2) is 5.76 Å². The first-order valence-electron chi connectivity index (χ1n) is 10.5. The van der Waals surface area contributed by atoms with Gasteiger partial charge in [0.25, 0.3) is 5.91 Å². The summed E-state index contributed by atoms with van der Waals surface area (Å²) in [5.41, 5.74) is 1.94. The number of fused-ring (bicyclic) bond motifs is 1. The molecular formula is C24H27N3O3. The minimum atomic E-state index is -0.133. The number of carbonyl (C=O) groups excluding carboxylic acids is 2. The van der Waals surface area contributed by atoms with Gasteiger partial charge in [-0.15, -0.1) is 0 Å². The molecule has 6 heteroatoms. The molecule has 0 spiro atoms.